The molecule has 0 saturated carbocycles. The Morgan fingerprint density at radius 1 is 0.952 bits per heavy atom. The van der Waals surface area contributed by atoms with Gasteiger partial charge >= 0.3 is 0 Å². The minimum atomic E-state index is -0.398. The monoisotopic (exact) mass is 293 g/mol. The zero-order valence-corrected chi connectivity index (χ0v) is 13.2. The van der Waals surface area contributed by atoms with Crippen molar-refractivity contribution in [1.82, 2.24) is 4.98 Å². The maximum Gasteiger partial charge on any atom is 0.181 e. The molecule has 0 spiro atoms. The fraction of sp³-hybridized carbons (Fsp3) is 0.667. The van der Waals surface area contributed by atoms with Crippen molar-refractivity contribution in [1.29, 1.82) is 0 Å². The molecule has 0 bridgehead atoms. The molecule has 21 heavy (non-hydrogen) atoms. The van der Waals surface area contributed by atoms with Crippen LogP contribution in [0.1, 0.15) is 88.0 Å². The molecule has 0 unspecified atom stereocenters. The van der Waals surface area contributed by atoms with Crippen molar-refractivity contribution in [3.05, 3.63) is 29.8 Å². The number of carbonyl (C=O) groups is 1. The smallest absolute Gasteiger partial charge is 0.181 e. The number of ketones is 1. The van der Waals surface area contributed by atoms with E-state index in [9.17, 15) is 9.18 Å². The standard InChI is InChI=1S/C18H28FNO/c1-2-3-4-5-6-7-8-9-10-11-12-18(21)17-14-13-16(19)15-20-17/h13-15H,2-12H2,1H3. The number of hydrogen-bond acceptors (Lipinski definition) is 2. The molecule has 1 heterocycles. The second-order valence-electron chi connectivity index (χ2n) is 5.72. The van der Waals surface area contributed by atoms with E-state index in [0.717, 1.165) is 19.0 Å². The highest BCUT2D eigenvalue weighted by Crippen LogP contribution is 2.12. The van der Waals surface area contributed by atoms with Gasteiger partial charge in [0.25, 0.3) is 0 Å². The Morgan fingerprint density at radius 3 is 2.05 bits per heavy atom. The Hall–Kier alpha value is -1.25. The van der Waals surface area contributed by atoms with Crippen LogP contribution in [0.2, 0.25) is 0 Å². The van der Waals surface area contributed by atoms with Crippen LogP contribution in [0.3, 0.4) is 0 Å². The summed E-state index contributed by atoms with van der Waals surface area (Å²) >= 11 is 0. The van der Waals surface area contributed by atoms with E-state index in [0.29, 0.717) is 12.1 Å². The summed E-state index contributed by atoms with van der Waals surface area (Å²) in [4.78, 5) is 15.6. The lowest BCUT2D eigenvalue weighted by molar-refractivity contribution is 0.0974. The average molecular weight is 293 g/mol. The highest BCUT2D eigenvalue weighted by Gasteiger charge is 2.06. The summed E-state index contributed by atoms with van der Waals surface area (Å²) in [6, 6.07) is 2.76. The summed E-state index contributed by atoms with van der Waals surface area (Å²) in [6.45, 7) is 2.24. The van der Waals surface area contributed by atoms with Crippen molar-refractivity contribution in [2.75, 3.05) is 0 Å². The molecule has 1 rings (SSSR count). The maximum atomic E-state index is 12.7. The van der Waals surface area contributed by atoms with Gasteiger partial charge in [-0.1, -0.05) is 64.7 Å². The second-order valence-corrected chi connectivity index (χ2v) is 5.72. The van der Waals surface area contributed by atoms with Crippen LogP contribution in [0.15, 0.2) is 18.3 Å². The summed E-state index contributed by atoms with van der Waals surface area (Å²) in [5, 5.41) is 0. The number of Topliss-reactive ketones (excluding diaryl/α,β-unsaturated/α-hetero) is 1. The Morgan fingerprint density at radius 2 is 1.52 bits per heavy atom. The summed E-state index contributed by atoms with van der Waals surface area (Å²) in [5.74, 6) is -0.375. The minimum absolute atomic E-state index is 0.0227. The van der Waals surface area contributed by atoms with Gasteiger partial charge in [0.2, 0.25) is 0 Å². The SMILES string of the molecule is CCCCCCCCCCCCC(=O)c1ccc(F)cn1. The van der Waals surface area contributed by atoms with Crippen molar-refractivity contribution >= 4 is 5.78 Å². The maximum absolute atomic E-state index is 12.7. The van der Waals surface area contributed by atoms with Crippen LogP contribution >= 0.6 is 0 Å². The van der Waals surface area contributed by atoms with Gasteiger partial charge in [-0.25, -0.2) is 4.39 Å². The molecule has 1 aromatic heterocycles. The fourth-order valence-electron chi connectivity index (χ4n) is 2.44. The van der Waals surface area contributed by atoms with Gasteiger partial charge in [0.05, 0.1) is 6.20 Å². The van der Waals surface area contributed by atoms with Crippen LogP contribution in [0.25, 0.3) is 0 Å². The first-order chi connectivity index (χ1) is 10.2. The Labute approximate surface area is 128 Å². The van der Waals surface area contributed by atoms with E-state index in [1.54, 1.807) is 0 Å². The number of halogens is 1. The number of nitrogens with zero attached hydrogens (tertiary/aromatic N) is 1. The summed E-state index contributed by atoms with van der Waals surface area (Å²) < 4.78 is 12.7. The van der Waals surface area contributed by atoms with Gasteiger partial charge < -0.3 is 0 Å². The molecule has 0 radical (unpaired) electrons. The molecule has 0 aliphatic carbocycles. The van der Waals surface area contributed by atoms with Crippen molar-refractivity contribution in [2.24, 2.45) is 0 Å². The van der Waals surface area contributed by atoms with Crippen molar-refractivity contribution in [3.8, 4) is 0 Å². The van der Waals surface area contributed by atoms with Gasteiger partial charge in [0.15, 0.2) is 5.78 Å². The van der Waals surface area contributed by atoms with E-state index in [1.165, 1.54) is 63.5 Å². The molecule has 0 saturated heterocycles. The molecule has 0 aliphatic heterocycles. The molecule has 0 amide bonds. The van der Waals surface area contributed by atoms with Gasteiger partial charge in [-0.05, 0) is 18.6 Å². The van der Waals surface area contributed by atoms with E-state index in [2.05, 4.69) is 11.9 Å². The van der Waals surface area contributed by atoms with Gasteiger partial charge in [0.1, 0.15) is 11.5 Å². The Kier molecular flexibility index (Phi) is 9.68. The van der Waals surface area contributed by atoms with Crippen LogP contribution in [-0.4, -0.2) is 10.8 Å². The quantitative estimate of drug-likeness (QED) is 0.364. The van der Waals surface area contributed by atoms with Crippen LogP contribution in [0.5, 0.6) is 0 Å². The fourth-order valence-corrected chi connectivity index (χ4v) is 2.44. The van der Waals surface area contributed by atoms with E-state index in [-0.39, 0.29) is 5.78 Å². The predicted molar refractivity (Wildman–Crippen MR) is 85.0 cm³/mol. The van der Waals surface area contributed by atoms with E-state index in [1.807, 2.05) is 0 Å². The second kappa shape index (κ2) is 11.4. The van der Waals surface area contributed by atoms with E-state index < -0.39 is 5.82 Å². The zero-order valence-electron chi connectivity index (χ0n) is 13.2. The molecule has 0 aromatic carbocycles. The normalized spacial score (nSPS) is 10.8. The lowest BCUT2D eigenvalue weighted by Crippen LogP contribution is -2.02. The molecular weight excluding hydrogens is 265 g/mol. The topological polar surface area (TPSA) is 30.0 Å². The Bertz CT molecular complexity index is 389. The van der Waals surface area contributed by atoms with E-state index >= 15 is 0 Å². The third-order valence-electron chi connectivity index (χ3n) is 3.77. The van der Waals surface area contributed by atoms with E-state index in [4.69, 9.17) is 0 Å². The van der Waals surface area contributed by atoms with Crippen molar-refractivity contribution in [2.45, 2.75) is 77.6 Å². The highest BCUT2D eigenvalue weighted by molar-refractivity contribution is 5.94. The van der Waals surface area contributed by atoms with Crippen LogP contribution in [-0.2, 0) is 0 Å². The molecule has 2 nitrogen and oxygen atoms in total. The first kappa shape index (κ1) is 17.8. The molecular formula is C18H28FNO. The molecule has 0 atom stereocenters. The largest absolute Gasteiger partial charge is 0.292 e. The molecule has 1 aromatic rings. The lowest BCUT2D eigenvalue weighted by Gasteiger charge is -2.02. The van der Waals surface area contributed by atoms with Crippen LogP contribution in [0, 0.1) is 5.82 Å². The van der Waals surface area contributed by atoms with Crippen molar-refractivity contribution < 1.29 is 9.18 Å². The van der Waals surface area contributed by atoms with Crippen molar-refractivity contribution in [3.63, 3.8) is 0 Å². The molecule has 0 aliphatic rings. The summed E-state index contributed by atoms with van der Waals surface area (Å²) in [6.07, 6.45) is 14.2. The Balaban J connectivity index is 1.96. The van der Waals surface area contributed by atoms with Gasteiger partial charge in [-0.15, -0.1) is 0 Å². The molecule has 0 fully saturated rings. The third-order valence-corrected chi connectivity index (χ3v) is 3.77. The molecule has 0 N–H and O–H groups in total. The molecule has 118 valence electrons. The summed E-state index contributed by atoms with van der Waals surface area (Å²) in [5.41, 5.74) is 0.382. The lowest BCUT2D eigenvalue weighted by atomic mass is 10.0. The number of rotatable bonds is 12. The van der Waals surface area contributed by atoms with Gasteiger partial charge in [-0.2, -0.15) is 0 Å². The van der Waals surface area contributed by atoms with Gasteiger partial charge in [0, 0.05) is 6.42 Å². The third kappa shape index (κ3) is 8.59. The highest BCUT2D eigenvalue weighted by atomic mass is 19.1. The minimum Gasteiger partial charge on any atom is -0.292 e. The van der Waals surface area contributed by atoms with Gasteiger partial charge in [-0.3, -0.25) is 9.78 Å². The number of aromatic nitrogens is 1. The predicted octanol–water partition coefficient (Wildman–Crippen LogP) is 5.71. The zero-order chi connectivity index (χ0) is 15.3. The number of hydrogen-bond donors (Lipinski definition) is 0. The number of carbonyl (C=O) groups excluding carboxylic acids is 1. The molecule has 3 heteroatoms. The van der Waals surface area contributed by atoms with Crippen LogP contribution in [0.4, 0.5) is 4.39 Å². The first-order valence-corrected chi connectivity index (χ1v) is 8.38. The van der Waals surface area contributed by atoms with Crippen LogP contribution < -0.4 is 0 Å². The number of unbranched alkanes of at least 4 members (excludes halogenated alkanes) is 9. The summed E-state index contributed by atoms with van der Waals surface area (Å²) in [7, 11) is 0. The first-order valence-electron chi connectivity index (χ1n) is 8.38. The number of pyridine rings is 1. The average Bonchev–Trinajstić information content (AvgIpc) is 2.49.